The number of nitrogens with zero attached hydrogens (tertiary/aromatic N) is 2. The molecule has 4 heteroatoms. The van der Waals surface area contributed by atoms with E-state index in [1.54, 1.807) is 6.20 Å². The average Bonchev–Trinajstić information content (AvgIpc) is 2.95. The Morgan fingerprint density at radius 1 is 1.27 bits per heavy atom. The van der Waals surface area contributed by atoms with Crippen molar-refractivity contribution in [2.45, 2.75) is 31.8 Å². The van der Waals surface area contributed by atoms with Gasteiger partial charge in [0.05, 0.1) is 6.20 Å². The second kappa shape index (κ2) is 6.79. The van der Waals surface area contributed by atoms with E-state index in [-0.39, 0.29) is 17.6 Å². The number of pyridine rings is 1. The molecule has 3 rings (SSSR count). The normalized spacial score (nSPS) is 18.5. The molecule has 1 aliphatic rings. The Morgan fingerprint density at radius 2 is 2.09 bits per heavy atom. The zero-order valence-corrected chi connectivity index (χ0v) is 12.4. The van der Waals surface area contributed by atoms with Crippen LogP contribution in [0.5, 0.6) is 0 Å². The quantitative estimate of drug-likeness (QED) is 0.793. The summed E-state index contributed by atoms with van der Waals surface area (Å²) in [5.74, 6) is -0.136. The van der Waals surface area contributed by atoms with E-state index in [4.69, 9.17) is 0 Å². The molecule has 0 saturated carbocycles. The molecule has 1 atom stereocenters. The monoisotopic (exact) mass is 298 g/mol. The number of rotatable bonds is 5. The van der Waals surface area contributed by atoms with Gasteiger partial charge in [0.1, 0.15) is 5.82 Å². The molecule has 0 spiro atoms. The van der Waals surface area contributed by atoms with Crippen molar-refractivity contribution in [3.63, 3.8) is 0 Å². The summed E-state index contributed by atoms with van der Waals surface area (Å²) in [4.78, 5) is 18.5. The van der Waals surface area contributed by atoms with Gasteiger partial charge in [-0.25, -0.2) is 4.39 Å². The first-order chi connectivity index (χ1) is 10.7. The highest BCUT2D eigenvalue weighted by Crippen LogP contribution is 2.24. The zero-order chi connectivity index (χ0) is 15.4. The predicted molar refractivity (Wildman–Crippen MR) is 83.0 cm³/mol. The van der Waals surface area contributed by atoms with Gasteiger partial charge in [0.2, 0.25) is 0 Å². The number of halogens is 1. The Morgan fingerprint density at radius 3 is 2.86 bits per heavy atom. The number of carbonyl (C=O) groups excluding carboxylic acids is 1. The van der Waals surface area contributed by atoms with Crippen molar-refractivity contribution in [1.82, 2.24) is 9.88 Å². The van der Waals surface area contributed by atoms with Crippen molar-refractivity contribution < 1.29 is 9.18 Å². The number of hydrogen-bond acceptors (Lipinski definition) is 3. The summed E-state index contributed by atoms with van der Waals surface area (Å²) in [6.45, 7) is 1.60. The first-order valence-corrected chi connectivity index (χ1v) is 7.64. The van der Waals surface area contributed by atoms with Crippen LogP contribution >= 0.6 is 0 Å². The predicted octanol–water partition coefficient (Wildman–Crippen LogP) is 3.46. The molecule has 1 unspecified atom stereocenters. The van der Waals surface area contributed by atoms with Gasteiger partial charge in [-0.3, -0.25) is 14.7 Å². The fraction of sp³-hybridized carbons (Fsp3) is 0.333. The van der Waals surface area contributed by atoms with E-state index in [0.717, 1.165) is 30.5 Å². The van der Waals surface area contributed by atoms with Gasteiger partial charge in [-0.1, -0.05) is 30.3 Å². The van der Waals surface area contributed by atoms with Crippen LogP contribution in [0.15, 0.2) is 48.8 Å². The smallest absolute Gasteiger partial charge is 0.164 e. The third-order valence-electron chi connectivity index (χ3n) is 4.16. The molecule has 0 radical (unpaired) electrons. The lowest BCUT2D eigenvalue weighted by atomic mass is 10.0. The Hall–Kier alpha value is -2.07. The van der Waals surface area contributed by atoms with Crippen LogP contribution < -0.4 is 0 Å². The summed E-state index contributed by atoms with van der Waals surface area (Å²) >= 11 is 0. The third-order valence-corrected chi connectivity index (χ3v) is 4.16. The number of benzene rings is 1. The van der Waals surface area contributed by atoms with Gasteiger partial charge in [-0.15, -0.1) is 0 Å². The van der Waals surface area contributed by atoms with E-state index in [1.807, 2.05) is 30.3 Å². The fourth-order valence-electron chi connectivity index (χ4n) is 3.07. The fourth-order valence-corrected chi connectivity index (χ4v) is 3.07. The van der Waals surface area contributed by atoms with Crippen LogP contribution in [0.3, 0.4) is 0 Å². The van der Waals surface area contributed by atoms with Crippen molar-refractivity contribution in [3.8, 4) is 0 Å². The van der Waals surface area contributed by atoms with E-state index in [9.17, 15) is 9.18 Å². The van der Waals surface area contributed by atoms with E-state index < -0.39 is 0 Å². The van der Waals surface area contributed by atoms with Gasteiger partial charge in [0.15, 0.2) is 5.78 Å². The molecular formula is C18H19FN2O. The molecule has 1 saturated heterocycles. The maximum Gasteiger partial charge on any atom is 0.164 e. The Kier molecular flexibility index (Phi) is 4.59. The molecule has 0 aliphatic carbocycles. The molecular weight excluding hydrogens is 279 g/mol. The molecule has 1 aliphatic heterocycles. The second-order valence-corrected chi connectivity index (χ2v) is 5.77. The lowest BCUT2D eigenvalue weighted by molar-refractivity contribution is 0.0938. The van der Waals surface area contributed by atoms with E-state index in [0.29, 0.717) is 13.0 Å². The molecule has 1 aromatic heterocycles. The Bertz CT molecular complexity index is 645. The number of aromatic nitrogens is 1. The molecule has 1 fully saturated rings. The van der Waals surface area contributed by atoms with E-state index in [1.165, 1.54) is 12.3 Å². The van der Waals surface area contributed by atoms with Crippen molar-refractivity contribution in [3.05, 3.63) is 65.7 Å². The van der Waals surface area contributed by atoms with Crippen molar-refractivity contribution >= 4 is 5.78 Å². The van der Waals surface area contributed by atoms with Crippen LogP contribution in [0, 0.1) is 5.82 Å². The minimum absolute atomic E-state index is 0.176. The zero-order valence-electron chi connectivity index (χ0n) is 12.4. The van der Waals surface area contributed by atoms with Crippen LogP contribution in [-0.2, 0) is 6.54 Å². The molecule has 0 bridgehead atoms. The molecule has 1 aromatic carbocycles. The highest BCUT2D eigenvalue weighted by atomic mass is 19.1. The summed E-state index contributed by atoms with van der Waals surface area (Å²) in [5, 5.41) is 0. The highest BCUT2D eigenvalue weighted by Gasteiger charge is 2.27. The third kappa shape index (κ3) is 3.57. The largest absolute Gasteiger partial charge is 0.296 e. The number of hydrogen-bond donors (Lipinski definition) is 0. The van der Waals surface area contributed by atoms with Crippen LogP contribution in [0.2, 0.25) is 0 Å². The molecule has 2 aromatic rings. The summed E-state index contributed by atoms with van der Waals surface area (Å²) in [7, 11) is 0. The number of Topliss-reactive ketones (excluding diaryl/α,β-unsaturated/α-hetero) is 1. The molecule has 2 heterocycles. The Balaban J connectivity index is 1.65. The van der Waals surface area contributed by atoms with Crippen LogP contribution in [0.4, 0.5) is 4.39 Å². The van der Waals surface area contributed by atoms with Crippen molar-refractivity contribution in [2.24, 2.45) is 0 Å². The van der Waals surface area contributed by atoms with Gasteiger partial charge >= 0.3 is 0 Å². The summed E-state index contributed by atoms with van der Waals surface area (Å²) < 4.78 is 13.2. The minimum atomic E-state index is -0.311. The first-order valence-electron chi connectivity index (χ1n) is 7.64. The summed E-state index contributed by atoms with van der Waals surface area (Å²) in [6.07, 6.45) is 5.52. The number of likely N-dealkylation sites (tertiary alicyclic amines) is 1. The molecule has 22 heavy (non-hydrogen) atoms. The highest BCUT2D eigenvalue weighted by molar-refractivity contribution is 5.96. The number of ketones is 1. The van der Waals surface area contributed by atoms with Gasteiger partial charge in [-0.2, -0.15) is 0 Å². The average molecular weight is 298 g/mol. The lowest BCUT2D eigenvalue weighted by Gasteiger charge is -2.24. The van der Waals surface area contributed by atoms with Crippen molar-refractivity contribution in [2.75, 3.05) is 6.54 Å². The Labute approximate surface area is 129 Å². The number of carbonyl (C=O) groups is 1. The SMILES string of the molecule is O=C(CC1CCCN1Cc1cncc(F)c1)c1ccccc1. The molecule has 114 valence electrons. The lowest BCUT2D eigenvalue weighted by Crippen LogP contribution is -2.31. The maximum absolute atomic E-state index is 13.2. The maximum atomic E-state index is 13.2. The minimum Gasteiger partial charge on any atom is -0.296 e. The van der Waals surface area contributed by atoms with E-state index in [2.05, 4.69) is 9.88 Å². The summed E-state index contributed by atoms with van der Waals surface area (Å²) in [6, 6.07) is 11.2. The molecule has 3 nitrogen and oxygen atoms in total. The second-order valence-electron chi connectivity index (χ2n) is 5.77. The molecule has 0 amide bonds. The van der Waals surface area contributed by atoms with Crippen molar-refractivity contribution in [1.29, 1.82) is 0 Å². The van der Waals surface area contributed by atoms with E-state index >= 15 is 0 Å². The van der Waals surface area contributed by atoms with Crippen LogP contribution in [0.1, 0.15) is 35.2 Å². The van der Waals surface area contributed by atoms with Gasteiger partial charge in [-0.05, 0) is 31.0 Å². The van der Waals surface area contributed by atoms with Gasteiger partial charge in [0.25, 0.3) is 0 Å². The first kappa shape index (κ1) is 14.9. The van der Waals surface area contributed by atoms with Gasteiger partial charge < -0.3 is 0 Å². The van der Waals surface area contributed by atoms with Crippen LogP contribution in [-0.4, -0.2) is 28.3 Å². The van der Waals surface area contributed by atoms with Crippen LogP contribution in [0.25, 0.3) is 0 Å². The van der Waals surface area contributed by atoms with Gasteiger partial charge in [0, 0.05) is 30.8 Å². The summed E-state index contributed by atoms with van der Waals surface area (Å²) in [5.41, 5.74) is 1.63. The standard InChI is InChI=1S/C18H19FN2O/c19-16-9-14(11-20-12-16)13-21-8-4-7-17(21)10-18(22)15-5-2-1-3-6-15/h1-3,5-6,9,11-12,17H,4,7-8,10,13H2. The topological polar surface area (TPSA) is 33.2 Å². The molecule has 0 N–H and O–H groups in total.